The minimum atomic E-state index is -0.575. The number of nitrogens with one attached hydrogen (secondary N) is 1. The summed E-state index contributed by atoms with van der Waals surface area (Å²) >= 11 is 1.22. The Hall–Kier alpha value is -3.13. The number of thioether (sulfide) groups is 1. The van der Waals surface area contributed by atoms with E-state index >= 15 is 0 Å². The van der Waals surface area contributed by atoms with Gasteiger partial charge in [-0.15, -0.1) is 0 Å². The number of nitrogens with zero attached hydrogens (tertiary/aromatic N) is 2. The molecule has 1 aliphatic rings. The summed E-state index contributed by atoms with van der Waals surface area (Å²) in [6, 6.07) is 13.2. The summed E-state index contributed by atoms with van der Waals surface area (Å²) in [6.45, 7) is 3.70. The molecule has 7 nitrogen and oxygen atoms in total. The molecule has 1 aliphatic carbocycles. The molecule has 0 bridgehead atoms. The second-order valence-corrected chi connectivity index (χ2v) is 8.30. The zero-order valence-corrected chi connectivity index (χ0v) is 18.1. The Morgan fingerprint density at radius 3 is 2.61 bits per heavy atom. The van der Waals surface area contributed by atoms with E-state index in [2.05, 4.69) is 15.3 Å². The van der Waals surface area contributed by atoms with Crippen molar-refractivity contribution in [2.24, 2.45) is 0 Å². The summed E-state index contributed by atoms with van der Waals surface area (Å²) in [4.78, 5) is 34.9. The van der Waals surface area contributed by atoms with Gasteiger partial charge in [0.2, 0.25) is 5.91 Å². The first-order chi connectivity index (χ1) is 15.1. The maximum atomic E-state index is 13.1. The number of aryl methyl sites for hydroxylation is 1. The monoisotopic (exact) mass is 437 g/mol. The predicted molar refractivity (Wildman–Crippen MR) is 117 cm³/mol. The molecule has 1 fully saturated rings. The number of esters is 1. The molecule has 1 saturated carbocycles. The highest BCUT2D eigenvalue weighted by molar-refractivity contribution is 8.00. The Balaban J connectivity index is 1.76. The van der Waals surface area contributed by atoms with Crippen molar-refractivity contribution < 1.29 is 18.7 Å². The number of rotatable bonds is 8. The quantitative estimate of drug-likeness (QED) is 0.318. The van der Waals surface area contributed by atoms with Gasteiger partial charge in [0.15, 0.2) is 11.6 Å². The van der Waals surface area contributed by atoms with Gasteiger partial charge in [-0.3, -0.25) is 4.79 Å². The number of carbonyl (C=O) groups excluding carboxylic acids is 2. The van der Waals surface area contributed by atoms with Gasteiger partial charge in [0, 0.05) is 6.04 Å². The number of furan rings is 1. The van der Waals surface area contributed by atoms with Crippen LogP contribution in [0.15, 0.2) is 58.2 Å². The van der Waals surface area contributed by atoms with E-state index in [0.717, 1.165) is 18.4 Å². The van der Waals surface area contributed by atoms with Crippen LogP contribution in [0.4, 0.5) is 0 Å². The lowest BCUT2D eigenvalue weighted by Crippen LogP contribution is -2.30. The molecule has 160 valence electrons. The maximum Gasteiger partial charge on any atom is 0.342 e. The maximum absolute atomic E-state index is 13.1. The molecule has 31 heavy (non-hydrogen) atoms. The van der Waals surface area contributed by atoms with Crippen LogP contribution in [-0.4, -0.2) is 34.5 Å². The molecule has 8 heteroatoms. The summed E-state index contributed by atoms with van der Waals surface area (Å²) in [5, 5.41) is 2.88. The normalized spacial score (nSPS) is 14.1. The molecule has 2 aromatic heterocycles. The molecular weight excluding hydrogens is 414 g/mol. The molecule has 0 saturated heterocycles. The lowest BCUT2D eigenvalue weighted by molar-refractivity contribution is -0.120. The minimum Gasteiger partial charge on any atom is -0.462 e. The number of benzene rings is 1. The van der Waals surface area contributed by atoms with E-state index in [0.29, 0.717) is 22.3 Å². The van der Waals surface area contributed by atoms with Gasteiger partial charge >= 0.3 is 5.97 Å². The number of ether oxygens (including phenoxy) is 1. The standard InChI is InChI=1S/C23H23N3O4S/c1-3-29-23(28)18-14(2)24-20(17-10-7-13-30-17)26-22(18)31-19(15-8-5-4-6-9-15)21(27)25-16-11-12-16/h4-10,13,16,19H,3,11-12H2,1-2H3,(H,25,27)/t19-/m1/s1. The highest BCUT2D eigenvalue weighted by Crippen LogP contribution is 2.38. The lowest BCUT2D eigenvalue weighted by Gasteiger charge is -2.19. The Morgan fingerprint density at radius 1 is 1.19 bits per heavy atom. The van der Waals surface area contributed by atoms with Crippen molar-refractivity contribution in [3.63, 3.8) is 0 Å². The van der Waals surface area contributed by atoms with Gasteiger partial charge in [-0.1, -0.05) is 42.1 Å². The summed E-state index contributed by atoms with van der Waals surface area (Å²) in [6.07, 6.45) is 3.51. The summed E-state index contributed by atoms with van der Waals surface area (Å²) < 4.78 is 10.7. The topological polar surface area (TPSA) is 94.3 Å². The molecule has 1 atom stereocenters. The van der Waals surface area contributed by atoms with Gasteiger partial charge in [0.1, 0.15) is 15.8 Å². The van der Waals surface area contributed by atoms with Crippen LogP contribution in [0.25, 0.3) is 11.6 Å². The van der Waals surface area contributed by atoms with E-state index in [1.807, 2.05) is 30.3 Å². The number of carbonyl (C=O) groups is 2. The number of aromatic nitrogens is 2. The van der Waals surface area contributed by atoms with Gasteiger partial charge in [-0.05, 0) is 44.4 Å². The van der Waals surface area contributed by atoms with Crippen molar-refractivity contribution in [1.82, 2.24) is 15.3 Å². The molecular formula is C23H23N3O4S. The zero-order chi connectivity index (χ0) is 21.8. The fourth-order valence-electron chi connectivity index (χ4n) is 3.10. The average Bonchev–Trinajstić information content (AvgIpc) is 3.40. The summed E-state index contributed by atoms with van der Waals surface area (Å²) in [7, 11) is 0. The summed E-state index contributed by atoms with van der Waals surface area (Å²) in [5.74, 6) is 0.221. The van der Waals surface area contributed by atoms with Crippen molar-refractivity contribution in [1.29, 1.82) is 0 Å². The molecule has 0 unspecified atom stereocenters. The van der Waals surface area contributed by atoms with Crippen molar-refractivity contribution >= 4 is 23.6 Å². The smallest absolute Gasteiger partial charge is 0.342 e. The first kappa shape index (κ1) is 21.1. The van der Waals surface area contributed by atoms with Crippen LogP contribution in [0.2, 0.25) is 0 Å². The third-order valence-corrected chi connectivity index (χ3v) is 6.01. The largest absolute Gasteiger partial charge is 0.462 e. The summed E-state index contributed by atoms with van der Waals surface area (Å²) in [5.41, 5.74) is 1.57. The number of hydrogen-bond donors (Lipinski definition) is 1. The first-order valence-electron chi connectivity index (χ1n) is 10.2. The first-order valence-corrected chi connectivity index (χ1v) is 11.1. The predicted octanol–water partition coefficient (Wildman–Crippen LogP) is 4.33. The SMILES string of the molecule is CCOC(=O)c1c(C)nc(-c2ccco2)nc1S[C@@H](C(=O)NC1CC1)c1ccccc1. The fraction of sp³-hybridized carbons (Fsp3) is 0.304. The van der Waals surface area contributed by atoms with Crippen LogP contribution in [-0.2, 0) is 9.53 Å². The van der Waals surface area contributed by atoms with E-state index in [1.165, 1.54) is 18.0 Å². The molecule has 1 aromatic carbocycles. The van der Waals surface area contributed by atoms with Crippen molar-refractivity contribution in [3.05, 3.63) is 65.5 Å². The highest BCUT2D eigenvalue weighted by atomic mass is 32.2. The Bertz CT molecular complexity index is 1070. The van der Waals surface area contributed by atoms with Crippen molar-refractivity contribution in [2.75, 3.05) is 6.61 Å². The second kappa shape index (κ2) is 9.34. The van der Waals surface area contributed by atoms with Gasteiger partial charge in [-0.25, -0.2) is 14.8 Å². The Kier molecular flexibility index (Phi) is 6.36. The van der Waals surface area contributed by atoms with Crippen LogP contribution in [0.1, 0.15) is 46.6 Å². The second-order valence-electron chi connectivity index (χ2n) is 7.20. The van der Waals surface area contributed by atoms with E-state index in [-0.39, 0.29) is 24.1 Å². The van der Waals surface area contributed by atoms with Crippen molar-refractivity contribution in [2.45, 2.75) is 43.0 Å². The van der Waals surface area contributed by atoms with Gasteiger partial charge < -0.3 is 14.5 Å². The lowest BCUT2D eigenvalue weighted by atomic mass is 10.1. The van der Waals surface area contributed by atoms with Crippen LogP contribution in [0, 0.1) is 6.92 Å². The molecule has 0 aliphatic heterocycles. The highest BCUT2D eigenvalue weighted by Gasteiger charge is 2.32. The molecule has 1 N–H and O–H groups in total. The molecule has 1 amide bonds. The Morgan fingerprint density at radius 2 is 1.97 bits per heavy atom. The van der Waals surface area contributed by atoms with Crippen LogP contribution < -0.4 is 5.32 Å². The van der Waals surface area contributed by atoms with Crippen LogP contribution in [0.3, 0.4) is 0 Å². The molecule has 4 rings (SSSR count). The van der Waals surface area contributed by atoms with Gasteiger partial charge in [-0.2, -0.15) is 0 Å². The van der Waals surface area contributed by atoms with E-state index < -0.39 is 11.2 Å². The van der Waals surface area contributed by atoms with Crippen molar-refractivity contribution in [3.8, 4) is 11.6 Å². The third-order valence-electron chi connectivity index (χ3n) is 4.77. The van der Waals surface area contributed by atoms with Gasteiger partial charge in [0.25, 0.3) is 0 Å². The van der Waals surface area contributed by atoms with Crippen LogP contribution in [0.5, 0.6) is 0 Å². The number of amides is 1. The van der Waals surface area contributed by atoms with Crippen LogP contribution >= 0.6 is 11.8 Å². The Labute approximate surface area is 184 Å². The fourth-order valence-corrected chi connectivity index (χ4v) is 4.28. The van der Waals surface area contributed by atoms with E-state index in [4.69, 9.17) is 9.15 Å². The molecule has 0 spiro atoms. The minimum absolute atomic E-state index is 0.107. The number of hydrogen-bond acceptors (Lipinski definition) is 7. The molecule has 3 aromatic rings. The zero-order valence-electron chi connectivity index (χ0n) is 17.3. The molecule has 2 heterocycles. The average molecular weight is 438 g/mol. The third kappa shape index (κ3) is 4.96. The van der Waals surface area contributed by atoms with E-state index in [9.17, 15) is 9.59 Å². The van der Waals surface area contributed by atoms with Gasteiger partial charge in [0.05, 0.1) is 18.6 Å². The molecule has 0 radical (unpaired) electrons. The van der Waals surface area contributed by atoms with E-state index in [1.54, 1.807) is 26.0 Å².